The zero-order chi connectivity index (χ0) is 19.8. The number of ether oxygens (including phenoxy) is 1. The summed E-state index contributed by atoms with van der Waals surface area (Å²) < 4.78 is 29.5. The van der Waals surface area contributed by atoms with Crippen LogP contribution in [0.4, 0.5) is 0 Å². The zero-order valence-electron chi connectivity index (χ0n) is 16.0. The van der Waals surface area contributed by atoms with Gasteiger partial charge in [0.1, 0.15) is 10.5 Å². The fraction of sp³-hybridized carbons (Fsp3) is 0.579. The van der Waals surface area contributed by atoms with Crippen LogP contribution in [-0.4, -0.2) is 74.3 Å². The Labute approximate surface area is 160 Å². The minimum atomic E-state index is -3.40. The Morgan fingerprint density at radius 2 is 1.85 bits per heavy atom. The molecule has 0 aromatic heterocycles. The summed E-state index contributed by atoms with van der Waals surface area (Å²) in [6.07, 6.45) is 1.25. The highest BCUT2D eigenvalue weighted by molar-refractivity contribution is 7.93. The number of carbonyl (C=O) groups is 2. The molecule has 3 rings (SSSR count). The summed E-state index contributed by atoms with van der Waals surface area (Å²) in [7, 11) is -0.151. The second-order valence-electron chi connectivity index (χ2n) is 7.49. The van der Waals surface area contributed by atoms with E-state index in [0.29, 0.717) is 12.2 Å². The van der Waals surface area contributed by atoms with Gasteiger partial charge in [-0.05, 0) is 30.5 Å². The van der Waals surface area contributed by atoms with Crippen molar-refractivity contribution in [2.24, 2.45) is 5.92 Å². The van der Waals surface area contributed by atoms with Crippen LogP contribution in [0.5, 0.6) is 5.75 Å². The van der Waals surface area contributed by atoms with Crippen molar-refractivity contribution in [1.82, 2.24) is 9.80 Å². The predicted octanol–water partition coefficient (Wildman–Crippen LogP) is 0.732. The summed E-state index contributed by atoms with van der Waals surface area (Å²) in [5, 5.41) is 0. The molecular formula is C19H26N2O5S. The van der Waals surface area contributed by atoms with E-state index in [4.69, 9.17) is 4.74 Å². The summed E-state index contributed by atoms with van der Waals surface area (Å²) in [6, 6.07) is 7.52. The molecule has 0 N–H and O–H groups in total. The Kier molecular flexibility index (Phi) is 5.20. The van der Waals surface area contributed by atoms with Crippen LogP contribution < -0.4 is 4.74 Å². The van der Waals surface area contributed by atoms with E-state index >= 15 is 0 Å². The van der Waals surface area contributed by atoms with Crippen molar-refractivity contribution < 1.29 is 22.7 Å². The molecule has 8 heteroatoms. The summed E-state index contributed by atoms with van der Waals surface area (Å²) in [5.41, 5.74) is 1.18. The molecule has 0 radical (unpaired) electrons. The molecule has 2 fully saturated rings. The molecular weight excluding hydrogens is 368 g/mol. The average Bonchev–Trinajstić information content (AvgIpc) is 2.89. The Balaban J connectivity index is 1.62. The molecule has 1 unspecified atom stereocenters. The summed E-state index contributed by atoms with van der Waals surface area (Å²) in [6.45, 7) is 2.05. The van der Waals surface area contributed by atoms with Crippen LogP contribution in [-0.2, 0) is 25.8 Å². The van der Waals surface area contributed by atoms with Crippen molar-refractivity contribution in [2.45, 2.75) is 24.5 Å². The van der Waals surface area contributed by atoms with Crippen LogP contribution in [0.2, 0.25) is 0 Å². The molecule has 148 valence electrons. The minimum Gasteiger partial charge on any atom is -0.484 e. The molecule has 0 aliphatic carbocycles. The van der Waals surface area contributed by atoms with E-state index in [0.717, 1.165) is 6.42 Å². The SMILES string of the molecule is CCc1ccc(OCC(=O)N2CC3(C2)C(C(=O)N(C)C)CCS3(=O)=O)cc1. The summed E-state index contributed by atoms with van der Waals surface area (Å²) in [4.78, 5) is 27.7. The molecule has 27 heavy (non-hydrogen) atoms. The highest BCUT2D eigenvalue weighted by Gasteiger charge is 2.64. The third kappa shape index (κ3) is 3.42. The first kappa shape index (κ1) is 19.7. The van der Waals surface area contributed by atoms with Gasteiger partial charge in [-0.3, -0.25) is 9.59 Å². The average molecular weight is 394 g/mol. The Hall–Kier alpha value is -2.09. The van der Waals surface area contributed by atoms with E-state index in [1.807, 2.05) is 24.3 Å². The van der Waals surface area contributed by atoms with Crippen molar-refractivity contribution in [3.05, 3.63) is 29.8 Å². The number of amides is 2. The van der Waals surface area contributed by atoms with E-state index in [-0.39, 0.29) is 37.3 Å². The van der Waals surface area contributed by atoms with Gasteiger partial charge >= 0.3 is 0 Å². The fourth-order valence-electron chi connectivity index (χ4n) is 3.87. The van der Waals surface area contributed by atoms with Crippen LogP contribution >= 0.6 is 0 Å². The third-order valence-corrected chi connectivity index (χ3v) is 8.19. The molecule has 2 heterocycles. The molecule has 7 nitrogen and oxygen atoms in total. The van der Waals surface area contributed by atoms with Crippen LogP contribution in [0.25, 0.3) is 0 Å². The monoisotopic (exact) mass is 394 g/mol. The van der Waals surface area contributed by atoms with E-state index in [1.54, 1.807) is 14.1 Å². The normalized spacial score (nSPS) is 22.3. The van der Waals surface area contributed by atoms with Gasteiger partial charge in [0.2, 0.25) is 5.91 Å². The number of sulfone groups is 1. The first-order valence-corrected chi connectivity index (χ1v) is 10.8. The maximum absolute atomic E-state index is 12.6. The van der Waals surface area contributed by atoms with Gasteiger partial charge in [0, 0.05) is 27.2 Å². The second kappa shape index (κ2) is 7.14. The van der Waals surface area contributed by atoms with Crippen molar-refractivity contribution >= 4 is 21.7 Å². The van der Waals surface area contributed by atoms with Crippen LogP contribution in [0.15, 0.2) is 24.3 Å². The maximum atomic E-state index is 12.6. The third-order valence-electron chi connectivity index (χ3n) is 5.63. The second-order valence-corrected chi connectivity index (χ2v) is 9.94. The van der Waals surface area contributed by atoms with Gasteiger partial charge in [-0.15, -0.1) is 0 Å². The van der Waals surface area contributed by atoms with Gasteiger partial charge in [0.05, 0.1) is 11.7 Å². The van der Waals surface area contributed by atoms with Crippen LogP contribution in [0, 0.1) is 5.92 Å². The Bertz CT molecular complexity index is 826. The molecule has 1 aromatic rings. The minimum absolute atomic E-state index is 0.000442. The maximum Gasteiger partial charge on any atom is 0.260 e. The van der Waals surface area contributed by atoms with Crippen molar-refractivity contribution in [1.29, 1.82) is 0 Å². The molecule has 2 aliphatic rings. The molecule has 2 saturated heterocycles. The molecule has 2 amide bonds. The van der Waals surface area contributed by atoms with E-state index in [2.05, 4.69) is 6.92 Å². The lowest BCUT2D eigenvalue weighted by Crippen LogP contribution is -2.70. The topological polar surface area (TPSA) is 84.0 Å². The molecule has 1 spiro atoms. The van der Waals surface area contributed by atoms with Gasteiger partial charge in [-0.1, -0.05) is 19.1 Å². The zero-order valence-corrected chi connectivity index (χ0v) is 16.8. The first-order chi connectivity index (χ1) is 12.7. The molecule has 1 aromatic carbocycles. The number of aryl methyl sites for hydroxylation is 1. The predicted molar refractivity (Wildman–Crippen MR) is 101 cm³/mol. The number of hydrogen-bond donors (Lipinski definition) is 0. The van der Waals surface area contributed by atoms with Crippen molar-refractivity contribution in [3.63, 3.8) is 0 Å². The van der Waals surface area contributed by atoms with Gasteiger partial charge in [-0.25, -0.2) is 8.42 Å². The lowest BCUT2D eigenvalue weighted by Gasteiger charge is -2.49. The number of likely N-dealkylation sites (tertiary alicyclic amines) is 1. The van der Waals surface area contributed by atoms with Gasteiger partial charge < -0.3 is 14.5 Å². The Morgan fingerprint density at radius 3 is 2.41 bits per heavy atom. The number of nitrogens with zero attached hydrogens (tertiary/aromatic N) is 2. The summed E-state index contributed by atoms with van der Waals surface area (Å²) in [5.74, 6) is -0.428. The quantitative estimate of drug-likeness (QED) is 0.735. The van der Waals surface area contributed by atoms with Crippen molar-refractivity contribution in [2.75, 3.05) is 39.5 Å². The lowest BCUT2D eigenvalue weighted by molar-refractivity contribution is -0.144. The first-order valence-electron chi connectivity index (χ1n) is 9.13. The highest BCUT2D eigenvalue weighted by atomic mass is 32.2. The van der Waals surface area contributed by atoms with Gasteiger partial charge in [-0.2, -0.15) is 0 Å². The van der Waals surface area contributed by atoms with E-state index < -0.39 is 20.5 Å². The number of carbonyl (C=O) groups excluding carboxylic acids is 2. The van der Waals surface area contributed by atoms with E-state index in [9.17, 15) is 18.0 Å². The molecule has 0 bridgehead atoms. The standard InChI is InChI=1S/C19H26N2O5S/c1-4-14-5-7-15(8-6-14)26-11-17(22)21-12-19(13-21)16(18(23)20(2)3)9-10-27(19,24)25/h5-8,16H,4,9-13H2,1-3H3. The Morgan fingerprint density at radius 1 is 1.22 bits per heavy atom. The molecule has 1 atom stereocenters. The highest BCUT2D eigenvalue weighted by Crippen LogP contribution is 2.45. The smallest absolute Gasteiger partial charge is 0.260 e. The van der Waals surface area contributed by atoms with Crippen molar-refractivity contribution in [3.8, 4) is 5.75 Å². The number of benzene rings is 1. The lowest BCUT2D eigenvalue weighted by atomic mass is 9.82. The van der Waals surface area contributed by atoms with Crippen LogP contribution in [0.1, 0.15) is 18.9 Å². The van der Waals surface area contributed by atoms with E-state index in [1.165, 1.54) is 15.4 Å². The van der Waals surface area contributed by atoms with Gasteiger partial charge in [0.15, 0.2) is 16.4 Å². The molecule has 2 aliphatic heterocycles. The largest absolute Gasteiger partial charge is 0.484 e. The van der Waals surface area contributed by atoms with Gasteiger partial charge in [0.25, 0.3) is 5.91 Å². The summed E-state index contributed by atoms with van der Waals surface area (Å²) >= 11 is 0. The number of hydrogen-bond acceptors (Lipinski definition) is 5. The fourth-order valence-corrected chi connectivity index (χ4v) is 6.18. The van der Waals surface area contributed by atoms with Crippen LogP contribution in [0.3, 0.4) is 0 Å². The number of rotatable bonds is 5. The molecule has 0 saturated carbocycles.